The van der Waals surface area contributed by atoms with Gasteiger partial charge in [0.2, 0.25) is 0 Å². The number of thioether (sulfide) groups is 1. The van der Waals surface area contributed by atoms with Gasteiger partial charge in [-0.15, -0.1) is 0 Å². The number of amides is 2. The van der Waals surface area contributed by atoms with Crippen LogP contribution in [0.1, 0.15) is 31.9 Å². The number of thiocarbonyl (C=S) groups is 1. The maximum Gasteiger partial charge on any atom is 0.416 e. The molecule has 1 saturated heterocycles. The number of carbonyl (C=O) groups is 2. The normalized spacial score (nSPS) is 15.2. The third-order valence-corrected chi connectivity index (χ3v) is 6.07. The molecule has 11 heteroatoms. The topological polar surface area (TPSA) is 67.9 Å². The van der Waals surface area contributed by atoms with E-state index in [1.807, 2.05) is 13.8 Å². The molecule has 0 aromatic heterocycles. The number of rotatable bonds is 8. The molecule has 0 spiro atoms. The van der Waals surface area contributed by atoms with Crippen LogP contribution in [0.3, 0.4) is 0 Å². The van der Waals surface area contributed by atoms with E-state index >= 15 is 0 Å². The van der Waals surface area contributed by atoms with E-state index in [0.29, 0.717) is 27.1 Å². The molecular formula is C24H23F3N2O4S2. The van der Waals surface area contributed by atoms with Crippen LogP contribution in [-0.4, -0.2) is 40.3 Å². The molecule has 1 N–H and O–H groups in total. The number of carbonyl (C=O) groups excluding carboxylic acids is 2. The molecule has 186 valence electrons. The predicted octanol–water partition coefficient (Wildman–Crippen LogP) is 5.73. The van der Waals surface area contributed by atoms with Gasteiger partial charge >= 0.3 is 6.18 Å². The smallest absolute Gasteiger partial charge is 0.416 e. The molecule has 1 fully saturated rings. The van der Waals surface area contributed by atoms with Crippen molar-refractivity contribution in [1.82, 2.24) is 4.90 Å². The van der Waals surface area contributed by atoms with Crippen molar-refractivity contribution < 1.29 is 32.2 Å². The molecule has 2 amide bonds. The van der Waals surface area contributed by atoms with E-state index in [4.69, 9.17) is 21.7 Å². The van der Waals surface area contributed by atoms with Crippen molar-refractivity contribution >= 4 is 51.9 Å². The summed E-state index contributed by atoms with van der Waals surface area (Å²) in [5.41, 5.74) is -0.179. The molecule has 0 unspecified atom stereocenters. The molecule has 6 nitrogen and oxygen atoms in total. The summed E-state index contributed by atoms with van der Waals surface area (Å²) < 4.78 is 50.2. The van der Waals surface area contributed by atoms with Gasteiger partial charge in [-0.1, -0.05) is 36.1 Å². The number of anilines is 1. The molecule has 0 radical (unpaired) electrons. The first kappa shape index (κ1) is 26.6. The van der Waals surface area contributed by atoms with Gasteiger partial charge in [0, 0.05) is 11.7 Å². The average Bonchev–Trinajstić information content (AvgIpc) is 3.06. The number of hydrogen-bond acceptors (Lipinski definition) is 6. The lowest BCUT2D eigenvalue weighted by molar-refractivity contribution is -0.137. The Hall–Kier alpha value is -3.05. The van der Waals surface area contributed by atoms with Crippen LogP contribution in [0.25, 0.3) is 6.08 Å². The summed E-state index contributed by atoms with van der Waals surface area (Å²) in [4.78, 5) is 26.9. The molecular weight excluding hydrogens is 501 g/mol. The molecule has 0 atom stereocenters. The van der Waals surface area contributed by atoms with Crippen LogP contribution in [0.5, 0.6) is 11.5 Å². The molecule has 1 aliphatic rings. The minimum Gasteiger partial charge on any atom is -0.490 e. The van der Waals surface area contributed by atoms with Crippen molar-refractivity contribution in [2.24, 2.45) is 0 Å². The molecule has 2 aromatic carbocycles. The highest BCUT2D eigenvalue weighted by atomic mass is 32.2. The number of benzene rings is 2. The van der Waals surface area contributed by atoms with Crippen LogP contribution in [-0.2, 0) is 15.8 Å². The zero-order chi connectivity index (χ0) is 25.8. The zero-order valence-corrected chi connectivity index (χ0v) is 20.8. The van der Waals surface area contributed by atoms with Gasteiger partial charge in [0.25, 0.3) is 11.8 Å². The minimum absolute atomic E-state index is 0.00696. The highest BCUT2D eigenvalue weighted by molar-refractivity contribution is 8.26. The summed E-state index contributed by atoms with van der Waals surface area (Å²) in [7, 11) is 0. The Kier molecular flexibility index (Phi) is 8.44. The van der Waals surface area contributed by atoms with Crippen molar-refractivity contribution in [1.29, 1.82) is 0 Å². The molecule has 1 heterocycles. The lowest BCUT2D eigenvalue weighted by atomic mass is 10.1. The Labute approximate surface area is 210 Å². The van der Waals surface area contributed by atoms with E-state index in [1.165, 1.54) is 23.9 Å². The molecule has 3 rings (SSSR count). The van der Waals surface area contributed by atoms with E-state index in [0.717, 1.165) is 12.1 Å². The molecule has 2 aromatic rings. The summed E-state index contributed by atoms with van der Waals surface area (Å²) in [5, 5.41) is 2.39. The van der Waals surface area contributed by atoms with Crippen LogP contribution in [0.15, 0.2) is 47.4 Å². The standard InChI is InChI=1S/C24H23F3N2O4S2/c1-4-32-19-10-15(11-20-22(31)29(14(2)3)23(34)35-20)8-9-18(19)33-13-21(30)28-17-7-5-6-16(12-17)24(25,26)27/h5-12,14H,4,13H2,1-3H3,(H,28,30)/b20-11-. The average molecular weight is 525 g/mol. The summed E-state index contributed by atoms with van der Waals surface area (Å²) in [5.74, 6) is -0.168. The quantitative estimate of drug-likeness (QED) is 0.351. The Morgan fingerprint density at radius 3 is 2.54 bits per heavy atom. The Morgan fingerprint density at radius 2 is 1.91 bits per heavy atom. The lowest BCUT2D eigenvalue weighted by Crippen LogP contribution is -2.34. The second kappa shape index (κ2) is 11.1. The van der Waals surface area contributed by atoms with Gasteiger partial charge < -0.3 is 14.8 Å². The number of nitrogens with zero attached hydrogens (tertiary/aromatic N) is 1. The Bertz CT molecular complexity index is 1170. The van der Waals surface area contributed by atoms with Gasteiger partial charge in [-0.25, -0.2) is 0 Å². The van der Waals surface area contributed by atoms with E-state index in [1.54, 1.807) is 36.1 Å². The largest absolute Gasteiger partial charge is 0.490 e. The van der Waals surface area contributed by atoms with Crippen LogP contribution in [0.2, 0.25) is 0 Å². The van der Waals surface area contributed by atoms with Crippen LogP contribution in [0, 0.1) is 0 Å². The van der Waals surface area contributed by atoms with E-state index in [9.17, 15) is 22.8 Å². The third kappa shape index (κ3) is 6.76. The monoisotopic (exact) mass is 524 g/mol. The van der Waals surface area contributed by atoms with Crippen molar-refractivity contribution in [3.8, 4) is 11.5 Å². The van der Waals surface area contributed by atoms with Crippen molar-refractivity contribution in [2.45, 2.75) is 33.0 Å². The second-order valence-electron chi connectivity index (χ2n) is 7.70. The number of alkyl halides is 3. The molecule has 0 saturated carbocycles. The number of nitrogens with one attached hydrogen (secondary N) is 1. The van der Waals surface area contributed by atoms with Crippen LogP contribution < -0.4 is 14.8 Å². The maximum absolute atomic E-state index is 12.9. The van der Waals surface area contributed by atoms with Crippen molar-refractivity contribution in [3.63, 3.8) is 0 Å². The molecule has 1 aliphatic heterocycles. The van der Waals surface area contributed by atoms with Gasteiger partial charge in [-0.3, -0.25) is 14.5 Å². The number of hydrogen-bond donors (Lipinski definition) is 1. The fraction of sp³-hybridized carbons (Fsp3) is 0.292. The summed E-state index contributed by atoms with van der Waals surface area (Å²) in [6, 6.07) is 9.25. The zero-order valence-electron chi connectivity index (χ0n) is 19.1. The van der Waals surface area contributed by atoms with Gasteiger partial charge in [-0.05, 0) is 62.7 Å². The highest BCUT2D eigenvalue weighted by Crippen LogP contribution is 2.36. The second-order valence-corrected chi connectivity index (χ2v) is 9.38. The fourth-order valence-electron chi connectivity index (χ4n) is 3.19. The summed E-state index contributed by atoms with van der Waals surface area (Å²) in [6.45, 7) is 5.44. The highest BCUT2D eigenvalue weighted by Gasteiger charge is 2.33. The van der Waals surface area contributed by atoms with Gasteiger partial charge in [0.05, 0.1) is 17.1 Å². The maximum atomic E-state index is 12.9. The van der Waals surface area contributed by atoms with Crippen LogP contribution >= 0.6 is 24.0 Å². The van der Waals surface area contributed by atoms with E-state index in [-0.39, 0.29) is 23.4 Å². The number of ether oxygens (including phenoxy) is 2. The number of halogens is 3. The third-order valence-electron chi connectivity index (χ3n) is 4.74. The predicted molar refractivity (Wildman–Crippen MR) is 133 cm³/mol. The van der Waals surface area contributed by atoms with Gasteiger partial charge in [0.15, 0.2) is 18.1 Å². The SMILES string of the molecule is CCOc1cc(/C=C2\SC(=S)N(C(C)C)C2=O)ccc1OCC(=O)Nc1cccc(C(F)(F)F)c1. The Morgan fingerprint density at radius 1 is 1.17 bits per heavy atom. The molecule has 0 bridgehead atoms. The van der Waals surface area contributed by atoms with E-state index < -0.39 is 24.3 Å². The lowest BCUT2D eigenvalue weighted by Gasteiger charge is -2.18. The van der Waals surface area contributed by atoms with Crippen molar-refractivity contribution in [2.75, 3.05) is 18.5 Å². The van der Waals surface area contributed by atoms with Crippen LogP contribution in [0.4, 0.5) is 18.9 Å². The summed E-state index contributed by atoms with van der Waals surface area (Å²) in [6.07, 6.45) is -2.81. The molecule has 0 aliphatic carbocycles. The van der Waals surface area contributed by atoms with Crippen molar-refractivity contribution in [3.05, 3.63) is 58.5 Å². The fourth-order valence-corrected chi connectivity index (χ4v) is 4.72. The van der Waals surface area contributed by atoms with Gasteiger partial charge in [0.1, 0.15) is 4.32 Å². The molecule has 35 heavy (non-hydrogen) atoms. The first-order chi connectivity index (χ1) is 16.5. The Balaban J connectivity index is 1.70. The van der Waals surface area contributed by atoms with Gasteiger partial charge in [-0.2, -0.15) is 13.2 Å². The minimum atomic E-state index is -4.51. The summed E-state index contributed by atoms with van der Waals surface area (Å²) >= 11 is 6.51. The van der Waals surface area contributed by atoms with E-state index in [2.05, 4.69) is 5.32 Å². The first-order valence-corrected chi connectivity index (χ1v) is 11.9. The first-order valence-electron chi connectivity index (χ1n) is 10.6.